The molecule has 2 aromatic heterocycles. The predicted octanol–water partition coefficient (Wildman–Crippen LogP) is 3.28. The number of hydrogen-bond donors (Lipinski definition) is 0. The standard InChI is InChI=1S/C15H13N3OS/c1-10-17-13-8-12(5-6-14(13)20-10)18(2)15(19)11-4-3-7-16-9-11/h3-9H,1-2H3. The van der Waals surface area contributed by atoms with E-state index in [1.165, 1.54) is 0 Å². The Kier molecular flexibility index (Phi) is 3.20. The summed E-state index contributed by atoms with van der Waals surface area (Å²) in [5.74, 6) is -0.0793. The SMILES string of the molecule is Cc1nc2cc(N(C)C(=O)c3cccnc3)ccc2s1. The smallest absolute Gasteiger partial charge is 0.259 e. The van der Waals surface area contributed by atoms with Crippen LogP contribution in [0, 0.1) is 6.92 Å². The van der Waals surface area contributed by atoms with Gasteiger partial charge in [-0.1, -0.05) is 0 Å². The van der Waals surface area contributed by atoms with Gasteiger partial charge in [-0.2, -0.15) is 0 Å². The minimum absolute atomic E-state index is 0.0793. The largest absolute Gasteiger partial charge is 0.311 e. The maximum atomic E-state index is 12.4. The highest BCUT2D eigenvalue weighted by molar-refractivity contribution is 7.18. The molecule has 2 heterocycles. The van der Waals surface area contributed by atoms with E-state index in [1.54, 1.807) is 47.8 Å². The summed E-state index contributed by atoms with van der Waals surface area (Å²) in [7, 11) is 1.76. The first-order valence-corrected chi connectivity index (χ1v) is 7.02. The summed E-state index contributed by atoms with van der Waals surface area (Å²) in [5, 5.41) is 1.03. The van der Waals surface area contributed by atoms with Crippen molar-refractivity contribution < 1.29 is 4.79 Å². The van der Waals surface area contributed by atoms with Crippen LogP contribution in [0.15, 0.2) is 42.7 Å². The van der Waals surface area contributed by atoms with Gasteiger partial charge in [-0.3, -0.25) is 9.78 Å². The van der Waals surface area contributed by atoms with Crippen LogP contribution < -0.4 is 4.90 Å². The molecule has 0 radical (unpaired) electrons. The van der Waals surface area contributed by atoms with Crippen molar-refractivity contribution in [2.75, 3.05) is 11.9 Å². The number of amides is 1. The lowest BCUT2D eigenvalue weighted by Crippen LogP contribution is -2.26. The Bertz CT molecular complexity index is 767. The molecule has 0 N–H and O–H groups in total. The molecule has 0 saturated carbocycles. The molecule has 0 aliphatic heterocycles. The Hall–Kier alpha value is -2.27. The van der Waals surface area contributed by atoms with E-state index < -0.39 is 0 Å². The summed E-state index contributed by atoms with van der Waals surface area (Å²) in [4.78, 5) is 22.4. The Balaban J connectivity index is 1.95. The Morgan fingerprint density at radius 1 is 1.30 bits per heavy atom. The fourth-order valence-electron chi connectivity index (χ4n) is 2.04. The molecule has 100 valence electrons. The van der Waals surface area contributed by atoms with Crippen LogP contribution in [0.3, 0.4) is 0 Å². The Morgan fingerprint density at radius 2 is 2.15 bits per heavy atom. The zero-order valence-corrected chi connectivity index (χ0v) is 12.0. The third-order valence-corrected chi connectivity index (χ3v) is 4.03. The van der Waals surface area contributed by atoms with Gasteiger partial charge in [0.05, 0.1) is 20.8 Å². The van der Waals surface area contributed by atoms with Gasteiger partial charge < -0.3 is 4.90 Å². The summed E-state index contributed by atoms with van der Waals surface area (Å²) in [6.45, 7) is 1.98. The molecule has 0 spiro atoms. The zero-order valence-electron chi connectivity index (χ0n) is 11.2. The quantitative estimate of drug-likeness (QED) is 0.725. The molecule has 0 bridgehead atoms. The van der Waals surface area contributed by atoms with E-state index in [0.717, 1.165) is 20.9 Å². The van der Waals surface area contributed by atoms with Gasteiger partial charge in [0.2, 0.25) is 0 Å². The van der Waals surface area contributed by atoms with Gasteiger partial charge in [-0.15, -0.1) is 11.3 Å². The zero-order chi connectivity index (χ0) is 14.1. The lowest BCUT2D eigenvalue weighted by molar-refractivity contribution is 0.0992. The first-order chi connectivity index (χ1) is 9.65. The summed E-state index contributed by atoms with van der Waals surface area (Å²) < 4.78 is 1.13. The molecule has 1 amide bonds. The van der Waals surface area contributed by atoms with Gasteiger partial charge in [-0.05, 0) is 37.3 Å². The van der Waals surface area contributed by atoms with Crippen LogP contribution in [0.4, 0.5) is 5.69 Å². The molecule has 20 heavy (non-hydrogen) atoms. The fourth-order valence-corrected chi connectivity index (χ4v) is 2.85. The minimum atomic E-state index is -0.0793. The molecular formula is C15H13N3OS. The van der Waals surface area contributed by atoms with Gasteiger partial charge in [-0.25, -0.2) is 4.98 Å². The van der Waals surface area contributed by atoms with Crippen LogP contribution >= 0.6 is 11.3 Å². The number of anilines is 1. The molecular weight excluding hydrogens is 270 g/mol. The second-order valence-corrected chi connectivity index (χ2v) is 5.73. The third kappa shape index (κ3) is 2.28. The van der Waals surface area contributed by atoms with E-state index >= 15 is 0 Å². The fraction of sp³-hybridized carbons (Fsp3) is 0.133. The van der Waals surface area contributed by atoms with Crippen molar-refractivity contribution in [2.24, 2.45) is 0 Å². The number of carbonyl (C=O) groups is 1. The average molecular weight is 283 g/mol. The molecule has 0 fully saturated rings. The van der Waals surface area contributed by atoms with E-state index in [0.29, 0.717) is 5.56 Å². The number of nitrogens with zero attached hydrogens (tertiary/aromatic N) is 3. The highest BCUT2D eigenvalue weighted by Gasteiger charge is 2.14. The maximum Gasteiger partial charge on any atom is 0.259 e. The molecule has 3 aromatic rings. The molecule has 0 aliphatic rings. The van der Waals surface area contributed by atoms with Crippen molar-refractivity contribution in [1.82, 2.24) is 9.97 Å². The Labute approximate surface area is 120 Å². The van der Waals surface area contributed by atoms with Gasteiger partial charge >= 0.3 is 0 Å². The maximum absolute atomic E-state index is 12.4. The second-order valence-electron chi connectivity index (χ2n) is 4.49. The first-order valence-electron chi connectivity index (χ1n) is 6.20. The molecule has 0 saturated heterocycles. The molecule has 4 nitrogen and oxygen atoms in total. The highest BCUT2D eigenvalue weighted by Crippen LogP contribution is 2.26. The van der Waals surface area contributed by atoms with Crippen LogP contribution in [-0.4, -0.2) is 22.9 Å². The van der Waals surface area contributed by atoms with Crippen LogP contribution in [0.1, 0.15) is 15.4 Å². The van der Waals surface area contributed by atoms with Crippen LogP contribution in [0.25, 0.3) is 10.2 Å². The third-order valence-electron chi connectivity index (χ3n) is 3.08. The molecule has 0 aliphatic carbocycles. The summed E-state index contributed by atoms with van der Waals surface area (Å²) in [5.41, 5.74) is 2.33. The van der Waals surface area contributed by atoms with Crippen LogP contribution in [0.5, 0.6) is 0 Å². The van der Waals surface area contributed by atoms with Crippen molar-refractivity contribution in [3.8, 4) is 0 Å². The lowest BCUT2D eigenvalue weighted by atomic mass is 10.2. The number of pyridine rings is 1. The number of hydrogen-bond acceptors (Lipinski definition) is 4. The number of rotatable bonds is 2. The summed E-state index contributed by atoms with van der Waals surface area (Å²) >= 11 is 1.65. The van der Waals surface area contributed by atoms with E-state index in [9.17, 15) is 4.79 Å². The topological polar surface area (TPSA) is 46.1 Å². The summed E-state index contributed by atoms with van der Waals surface area (Å²) in [6, 6.07) is 9.40. The lowest BCUT2D eigenvalue weighted by Gasteiger charge is -2.17. The summed E-state index contributed by atoms with van der Waals surface area (Å²) in [6.07, 6.45) is 3.23. The van der Waals surface area contributed by atoms with Crippen LogP contribution in [0.2, 0.25) is 0 Å². The number of aromatic nitrogens is 2. The van der Waals surface area contributed by atoms with E-state index in [-0.39, 0.29) is 5.91 Å². The molecule has 5 heteroatoms. The van der Waals surface area contributed by atoms with Crippen molar-refractivity contribution in [3.63, 3.8) is 0 Å². The van der Waals surface area contributed by atoms with Gasteiger partial charge in [0, 0.05) is 25.1 Å². The predicted molar refractivity (Wildman–Crippen MR) is 81.3 cm³/mol. The number of benzene rings is 1. The van der Waals surface area contributed by atoms with Crippen molar-refractivity contribution in [1.29, 1.82) is 0 Å². The molecule has 1 aromatic carbocycles. The van der Waals surface area contributed by atoms with E-state index in [4.69, 9.17) is 0 Å². The van der Waals surface area contributed by atoms with Crippen molar-refractivity contribution in [3.05, 3.63) is 53.3 Å². The number of carbonyl (C=O) groups excluding carboxylic acids is 1. The van der Waals surface area contributed by atoms with Crippen molar-refractivity contribution >= 4 is 33.1 Å². The highest BCUT2D eigenvalue weighted by atomic mass is 32.1. The van der Waals surface area contributed by atoms with Crippen molar-refractivity contribution in [2.45, 2.75) is 6.92 Å². The first kappa shape index (κ1) is 12.7. The van der Waals surface area contributed by atoms with Crippen LogP contribution in [-0.2, 0) is 0 Å². The Morgan fingerprint density at radius 3 is 2.90 bits per heavy atom. The van der Waals surface area contributed by atoms with Gasteiger partial charge in [0.25, 0.3) is 5.91 Å². The second kappa shape index (κ2) is 5.02. The normalized spacial score (nSPS) is 10.7. The molecule has 0 unspecified atom stereocenters. The number of fused-ring (bicyclic) bond motifs is 1. The average Bonchev–Trinajstić information content (AvgIpc) is 2.85. The minimum Gasteiger partial charge on any atom is -0.311 e. The monoisotopic (exact) mass is 283 g/mol. The molecule has 0 atom stereocenters. The van der Waals surface area contributed by atoms with Gasteiger partial charge in [0.1, 0.15) is 0 Å². The molecule has 3 rings (SSSR count). The van der Waals surface area contributed by atoms with Gasteiger partial charge in [0.15, 0.2) is 0 Å². The van der Waals surface area contributed by atoms with E-state index in [2.05, 4.69) is 9.97 Å². The number of thiazole rings is 1. The van der Waals surface area contributed by atoms with E-state index in [1.807, 2.05) is 25.1 Å². The number of aryl methyl sites for hydroxylation is 1.